The average Bonchev–Trinajstić information content (AvgIpc) is 2.86. The van der Waals surface area contributed by atoms with Gasteiger partial charge in [0, 0.05) is 36.0 Å². The van der Waals surface area contributed by atoms with Crippen molar-refractivity contribution >= 4 is 11.6 Å². The molecule has 1 atom stereocenters. The van der Waals surface area contributed by atoms with Crippen LogP contribution in [-0.2, 0) is 6.18 Å². The topological polar surface area (TPSA) is 37.6 Å². The molecule has 2 aromatic heterocycles. The van der Waals surface area contributed by atoms with E-state index in [-0.39, 0.29) is 23.0 Å². The van der Waals surface area contributed by atoms with Crippen LogP contribution in [0.2, 0.25) is 0 Å². The van der Waals surface area contributed by atoms with Crippen molar-refractivity contribution in [2.75, 3.05) is 6.54 Å². The Balaban J connectivity index is 1.62. The molecule has 1 spiro atoms. The fourth-order valence-electron chi connectivity index (χ4n) is 4.52. The molecule has 1 saturated heterocycles. The molecule has 0 aromatic carbocycles. The van der Waals surface area contributed by atoms with Gasteiger partial charge in [-0.3, -0.25) is 4.79 Å². The Labute approximate surface area is 143 Å². The summed E-state index contributed by atoms with van der Waals surface area (Å²) in [7, 11) is 0. The molecule has 0 N–H and O–H groups in total. The summed E-state index contributed by atoms with van der Waals surface area (Å²) in [6, 6.07) is 3.23. The van der Waals surface area contributed by atoms with E-state index in [0.717, 1.165) is 25.6 Å². The quantitative estimate of drug-likeness (QED) is 0.820. The molecule has 1 unspecified atom stereocenters. The van der Waals surface area contributed by atoms with Crippen molar-refractivity contribution in [2.45, 2.75) is 45.3 Å². The number of hydrogen-bond acceptors (Lipinski definition) is 2. The number of imidazole rings is 1. The van der Waals surface area contributed by atoms with Crippen LogP contribution in [0.15, 0.2) is 24.5 Å². The van der Waals surface area contributed by atoms with Gasteiger partial charge in [-0.2, -0.15) is 13.2 Å². The van der Waals surface area contributed by atoms with Crippen LogP contribution in [0, 0.1) is 11.3 Å². The van der Waals surface area contributed by atoms with Gasteiger partial charge in [0.05, 0.1) is 0 Å². The van der Waals surface area contributed by atoms with Gasteiger partial charge in [-0.1, -0.05) is 20.3 Å². The molecule has 4 rings (SSSR count). The number of pyridine rings is 1. The molecular formula is C18H20F3N3O. The van der Waals surface area contributed by atoms with E-state index in [2.05, 4.69) is 18.8 Å². The summed E-state index contributed by atoms with van der Waals surface area (Å²) in [5, 5.41) is 0. The van der Waals surface area contributed by atoms with Gasteiger partial charge in [-0.15, -0.1) is 0 Å². The van der Waals surface area contributed by atoms with E-state index in [9.17, 15) is 18.0 Å². The molecule has 2 aromatic rings. The minimum absolute atomic E-state index is 0.115. The normalized spacial score (nSPS) is 22.3. The molecule has 2 aliphatic rings. The molecule has 1 amide bonds. The van der Waals surface area contributed by atoms with Crippen LogP contribution in [0.1, 0.15) is 49.2 Å². The molecular weight excluding hydrogens is 331 g/mol. The first-order valence-corrected chi connectivity index (χ1v) is 8.58. The Morgan fingerprint density at radius 2 is 2.08 bits per heavy atom. The molecule has 0 radical (unpaired) electrons. The molecule has 1 saturated carbocycles. The number of halogens is 3. The largest absolute Gasteiger partial charge is 0.434 e. The van der Waals surface area contributed by atoms with Gasteiger partial charge in [0.1, 0.15) is 5.65 Å². The first-order valence-electron chi connectivity index (χ1n) is 8.58. The Bertz CT molecular complexity index is 836. The number of alkyl halides is 3. The second kappa shape index (κ2) is 5.22. The zero-order valence-electron chi connectivity index (χ0n) is 14.2. The summed E-state index contributed by atoms with van der Waals surface area (Å²) in [4.78, 5) is 18.4. The number of aromatic nitrogens is 2. The van der Waals surface area contributed by atoms with Crippen LogP contribution >= 0.6 is 0 Å². The van der Waals surface area contributed by atoms with E-state index < -0.39 is 11.9 Å². The zero-order valence-corrected chi connectivity index (χ0v) is 14.2. The number of fused-ring (bicyclic) bond motifs is 1. The van der Waals surface area contributed by atoms with E-state index >= 15 is 0 Å². The number of carbonyl (C=O) groups is 1. The summed E-state index contributed by atoms with van der Waals surface area (Å²) in [6.45, 7) is 5.00. The highest BCUT2D eigenvalue weighted by Gasteiger charge is 2.58. The van der Waals surface area contributed by atoms with Gasteiger partial charge >= 0.3 is 6.18 Å². The Kier molecular flexibility index (Phi) is 3.43. The van der Waals surface area contributed by atoms with Crippen molar-refractivity contribution in [1.82, 2.24) is 14.3 Å². The zero-order chi connectivity index (χ0) is 18.0. The second-order valence-electron chi connectivity index (χ2n) is 7.64. The summed E-state index contributed by atoms with van der Waals surface area (Å²) in [5.41, 5.74) is -0.149. The first-order chi connectivity index (χ1) is 11.7. The second-order valence-corrected chi connectivity index (χ2v) is 7.64. The molecule has 4 nitrogen and oxygen atoms in total. The van der Waals surface area contributed by atoms with Gasteiger partial charge in [0.15, 0.2) is 5.69 Å². The third kappa shape index (κ3) is 2.43. The lowest BCUT2D eigenvalue weighted by Crippen LogP contribution is -2.70. The maximum atomic E-state index is 12.9. The number of hydrogen-bond donors (Lipinski definition) is 0. The van der Waals surface area contributed by atoms with Crippen LogP contribution in [-0.4, -0.2) is 32.8 Å². The Morgan fingerprint density at radius 1 is 1.36 bits per heavy atom. The highest BCUT2D eigenvalue weighted by atomic mass is 19.4. The van der Waals surface area contributed by atoms with E-state index in [4.69, 9.17) is 0 Å². The fourth-order valence-corrected chi connectivity index (χ4v) is 4.52. The average molecular weight is 351 g/mol. The Hall–Kier alpha value is -2.05. The SMILES string of the molecule is CC(C)C1N(C(=O)c2ccn3cc(C(F)(F)F)nc3c2)CC12CCC2. The van der Waals surface area contributed by atoms with Crippen LogP contribution in [0.3, 0.4) is 0 Å². The molecule has 1 aliphatic heterocycles. The highest BCUT2D eigenvalue weighted by molar-refractivity contribution is 5.96. The van der Waals surface area contributed by atoms with Crippen molar-refractivity contribution in [1.29, 1.82) is 0 Å². The molecule has 134 valence electrons. The van der Waals surface area contributed by atoms with Crippen molar-refractivity contribution < 1.29 is 18.0 Å². The number of likely N-dealkylation sites (tertiary alicyclic amines) is 1. The summed E-state index contributed by atoms with van der Waals surface area (Å²) < 4.78 is 39.7. The lowest BCUT2D eigenvalue weighted by molar-refractivity contribution is -0.140. The predicted octanol–water partition coefficient (Wildman–Crippen LogP) is 4.00. The molecule has 3 heterocycles. The van der Waals surface area contributed by atoms with Crippen LogP contribution in [0.5, 0.6) is 0 Å². The van der Waals surface area contributed by atoms with Gasteiger partial charge in [0.2, 0.25) is 0 Å². The van der Waals surface area contributed by atoms with Gasteiger partial charge in [-0.05, 0) is 30.9 Å². The van der Waals surface area contributed by atoms with Gasteiger partial charge in [-0.25, -0.2) is 4.98 Å². The van der Waals surface area contributed by atoms with Gasteiger partial charge in [0.25, 0.3) is 5.91 Å². The third-order valence-corrected chi connectivity index (χ3v) is 5.69. The van der Waals surface area contributed by atoms with E-state index in [1.807, 2.05) is 4.90 Å². The van der Waals surface area contributed by atoms with Gasteiger partial charge < -0.3 is 9.30 Å². The maximum absolute atomic E-state index is 12.9. The number of carbonyl (C=O) groups excluding carboxylic acids is 1. The number of rotatable bonds is 2. The third-order valence-electron chi connectivity index (χ3n) is 5.69. The standard InChI is InChI=1S/C18H20F3N3O/c1-11(2)15-17(5-3-6-17)10-24(15)16(25)12-4-7-23-9-13(18(19,20)21)22-14(23)8-12/h4,7-9,11,15H,3,5-6,10H2,1-2H3. The fraction of sp³-hybridized carbons (Fsp3) is 0.556. The molecule has 0 bridgehead atoms. The minimum Gasteiger partial charge on any atom is -0.334 e. The number of amides is 1. The predicted molar refractivity (Wildman–Crippen MR) is 86.1 cm³/mol. The first kappa shape index (κ1) is 16.4. The smallest absolute Gasteiger partial charge is 0.334 e. The molecule has 25 heavy (non-hydrogen) atoms. The van der Waals surface area contributed by atoms with E-state index in [0.29, 0.717) is 11.5 Å². The summed E-state index contributed by atoms with van der Waals surface area (Å²) >= 11 is 0. The maximum Gasteiger partial charge on any atom is 0.434 e. The monoisotopic (exact) mass is 351 g/mol. The molecule has 7 heteroatoms. The molecule has 2 fully saturated rings. The van der Waals surface area contributed by atoms with Crippen LogP contribution < -0.4 is 0 Å². The lowest BCUT2D eigenvalue weighted by atomic mass is 9.55. The van der Waals surface area contributed by atoms with Crippen molar-refractivity contribution in [3.05, 3.63) is 35.8 Å². The Morgan fingerprint density at radius 3 is 2.64 bits per heavy atom. The van der Waals surface area contributed by atoms with Crippen molar-refractivity contribution in [3.8, 4) is 0 Å². The van der Waals surface area contributed by atoms with Crippen molar-refractivity contribution in [2.24, 2.45) is 11.3 Å². The summed E-state index contributed by atoms with van der Waals surface area (Å²) in [6.07, 6.45) is 1.45. The molecule has 1 aliphatic carbocycles. The summed E-state index contributed by atoms with van der Waals surface area (Å²) in [5.74, 6) is 0.250. The van der Waals surface area contributed by atoms with E-state index in [1.54, 1.807) is 6.07 Å². The highest BCUT2D eigenvalue weighted by Crippen LogP contribution is 2.55. The van der Waals surface area contributed by atoms with Crippen LogP contribution in [0.25, 0.3) is 5.65 Å². The van der Waals surface area contributed by atoms with E-state index in [1.165, 1.54) is 23.1 Å². The lowest BCUT2D eigenvalue weighted by Gasteiger charge is -2.64. The minimum atomic E-state index is -4.49. The van der Waals surface area contributed by atoms with Crippen molar-refractivity contribution in [3.63, 3.8) is 0 Å². The number of nitrogens with zero attached hydrogens (tertiary/aromatic N) is 3. The van der Waals surface area contributed by atoms with Crippen LogP contribution in [0.4, 0.5) is 13.2 Å².